The molecule has 1 amide bonds. The van der Waals surface area contributed by atoms with Gasteiger partial charge in [-0.3, -0.25) is 14.5 Å². The van der Waals surface area contributed by atoms with Gasteiger partial charge < -0.3 is 9.47 Å². The first-order valence-electron chi connectivity index (χ1n) is 9.28. The van der Waals surface area contributed by atoms with Crippen molar-refractivity contribution in [1.82, 2.24) is 29.2 Å². The van der Waals surface area contributed by atoms with Gasteiger partial charge in [-0.25, -0.2) is 4.98 Å². The van der Waals surface area contributed by atoms with Gasteiger partial charge >= 0.3 is 0 Å². The lowest BCUT2D eigenvalue weighted by atomic mass is 10.0. The van der Waals surface area contributed by atoms with E-state index in [2.05, 4.69) is 26.6 Å². The summed E-state index contributed by atoms with van der Waals surface area (Å²) in [7, 11) is 1.86. The number of aryl methyl sites for hydroxylation is 3. The molecule has 7 nitrogen and oxygen atoms in total. The number of amides is 1. The summed E-state index contributed by atoms with van der Waals surface area (Å²) in [6.07, 6.45) is 7.32. The van der Waals surface area contributed by atoms with E-state index in [1.807, 2.05) is 43.3 Å². The van der Waals surface area contributed by atoms with Crippen LogP contribution in [-0.4, -0.2) is 48.2 Å². The van der Waals surface area contributed by atoms with Crippen LogP contribution in [0.3, 0.4) is 0 Å². The van der Waals surface area contributed by atoms with Crippen LogP contribution in [0.15, 0.2) is 36.8 Å². The molecule has 1 aliphatic heterocycles. The quantitative estimate of drug-likeness (QED) is 0.717. The van der Waals surface area contributed by atoms with Crippen molar-refractivity contribution in [3.8, 4) is 11.4 Å². The zero-order valence-electron chi connectivity index (χ0n) is 16.0. The van der Waals surface area contributed by atoms with Crippen LogP contribution in [-0.2, 0) is 7.05 Å². The van der Waals surface area contributed by atoms with Gasteiger partial charge in [0.15, 0.2) is 5.69 Å². The molecule has 0 radical (unpaired) electrons. The number of piperidine rings is 1. The minimum atomic E-state index is 0.0221. The summed E-state index contributed by atoms with van der Waals surface area (Å²) in [6, 6.07) is 6.17. The summed E-state index contributed by atoms with van der Waals surface area (Å²) < 4.78 is 4.05. The van der Waals surface area contributed by atoms with E-state index in [1.54, 1.807) is 17.1 Å². The van der Waals surface area contributed by atoms with Crippen LogP contribution in [0.1, 0.15) is 40.8 Å². The molecule has 0 bridgehead atoms. The maximum absolute atomic E-state index is 12.7. The molecule has 0 aliphatic carbocycles. The van der Waals surface area contributed by atoms with Crippen molar-refractivity contribution in [2.45, 2.75) is 32.7 Å². The third kappa shape index (κ3) is 3.25. The van der Waals surface area contributed by atoms with Crippen LogP contribution in [0.5, 0.6) is 0 Å². The molecular weight excluding hydrogens is 340 g/mol. The Morgan fingerprint density at radius 3 is 2.44 bits per heavy atom. The molecule has 0 spiro atoms. The van der Waals surface area contributed by atoms with Crippen molar-refractivity contribution in [3.05, 3.63) is 53.9 Å². The monoisotopic (exact) mass is 364 g/mol. The smallest absolute Gasteiger partial charge is 0.274 e. The van der Waals surface area contributed by atoms with Gasteiger partial charge in [0.1, 0.15) is 5.82 Å². The third-order valence-electron chi connectivity index (χ3n) is 5.37. The Labute approximate surface area is 158 Å². The number of aromatic nitrogens is 5. The largest absolute Gasteiger partial charge is 0.337 e. The van der Waals surface area contributed by atoms with Crippen molar-refractivity contribution in [2.24, 2.45) is 7.05 Å². The van der Waals surface area contributed by atoms with E-state index >= 15 is 0 Å². The van der Waals surface area contributed by atoms with E-state index in [-0.39, 0.29) is 5.91 Å². The van der Waals surface area contributed by atoms with Gasteiger partial charge in [-0.05, 0) is 44.9 Å². The standard InChI is InChI=1S/C20H24N6O/c1-14-12-18(23-24(14)3)20(27)25-10-6-17(7-11-25)26-15(2)13-22-19(26)16-4-8-21-9-5-16/h4-5,8-9,12-13,17H,6-7,10-11H2,1-3H3. The SMILES string of the molecule is Cc1cc(C(=O)N2CCC(n3c(C)cnc3-c3ccncc3)CC2)nn1C. The number of carbonyl (C=O) groups excluding carboxylic acids is 1. The third-order valence-corrected chi connectivity index (χ3v) is 5.37. The first kappa shape index (κ1) is 17.5. The van der Waals surface area contributed by atoms with Gasteiger partial charge in [-0.1, -0.05) is 0 Å². The molecule has 4 rings (SSSR count). The summed E-state index contributed by atoms with van der Waals surface area (Å²) in [6.45, 7) is 5.50. The Hall–Kier alpha value is -2.96. The minimum absolute atomic E-state index is 0.0221. The second-order valence-electron chi connectivity index (χ2n) is 7.15. The van der Waals surface area contributed by atoms with Crippen LogP contribution < -0.4 is 0 Å². The first-order valence-corrected chi connectivity index (χ1v) is 9.28. The van der Waals surface area contributed by atoms with Crippen molar-refractivity contribution >= 4 is 5.91 Å². The fourth-order valence-corrected chi connectivity index (χ4v) is 3.78. The zero-order chi connectivity index (χ0) is 19.0. The molecule has 140 valence electrons. The summed E-state index contributed by atoms with van der Waals surface area (Å²) >= 11 is 0. The average molecular weight is 364 g/mol. The lowest BCUT2D eigenvalue weighted by Crippen LogP contribution is -2.39. The molecule has 1 aliphatic rings. The molecule has 3 aromatic rings. The Bertz CT molecular complexity index is 931. The molecule has 0 N–H and O–H groups in total. The van der Waals surface area contributed by atoms with E-state index in [0.29, 0.717) is 11.7 Å². The molecule has 0 saturated carbocycles. The number of carbonyl (C=O) groups is 1. The fourth-order valence-electron chi connectivity index (χ4n) is 3.78. The number of hydrogen-bond acceptors (Lipinski definition) is 4. The molecular formula is C20H24N6O. The molecule has 4 heterocycles. The predicted octanol–water partition coefficient (Wildman–Crippen LogP) is 2.77. The van der Waals surface area contributed by atoms with Crippen LogP contribution in [0.4, 0.5) is 0 Å². The molecule has 7 heteroatoms. The predicted molar refractivity (Wildman–Crippen MR) is 102 cm³/mol. The summed E-state index contributed by atoms with van der Waals surface area (Å²) in [5.74, 6) is 0.994. The van der Waals surface area contributed by atoms with E-state index in [1.165, 1.54) is 0 Å². The van der Waals surface area contributed by atoms with E-state index in [9.17, 15) is 4.79 Å². The highest BCUT2D eigenvalue weighted by Gasteiger charge is 2.28. The minimum Gasteiger partial charge on any atom is -0.337 e. The average Bonchev–Trinajstić information content (AvgIpc) is 3.24. The molecule has 3 aromatic heterocycles. The highest BCUT2D eigenvalue weighted by atomic mass is 16.2. The second kappa shape index (κ2) is 6.98. The Morgan fingerprint density at radius 1 is 1.11 bits per heavy atom. The highest BCUT2D eigenvalue weighted by Crippen LogP contribution is 2.30. The molecule has 1 saturated heterocycles. The van der Waals surface area contributed by atoms with Gasteiger partial charge in [-0.15, -0.1) is 0 Å². The molecule has 27 heavy (non-hydrogen) atoms. The second-order valence-corrected chi connectivity index (χ2v) is 7.15. The summed E-state index contributed by atoms with van der Waals surface area (Å²) in [5.41, 5.74) is 3.74. The Balaban J connectivity index is 1.50. The van der Waals surface area contributed by atoms with Gasteiger partial charge in [0.05, 0.1) is 0 Å². The van der Waals surface area contributed by atoms with Gasteiger partial charge in [0.2, 0.25) is 0 Å². The molecule has 0 atom stereocenters. The van der Waals surface area contributed by atoms with Crippen LogP contribution in [0, 0.1) is 13.8 Å². The van der Waals surface area contributed by atoms with Crippen LogP contribution >= 0.6 is 0 Å². The highest BCUT2D eigenvalue weighted by molar-refractivity contribution is 5.92. The number of imidazole rings is 1. The molecule has 0 unspecified atom stereocenters. The maximum Gasteiger partial charge on any atom is 0.274 e. The van der Waals surface area contributed by atoms with E-state index < -0.39 is 0 Å². The lowest BCUT2D eigenvalue weighted by Gasteiger charge is -2.33. The Kier molecular flexibility index (Phi) is 4.51. The van der Waals surface area contributed by atoms with Crippen molar-refractivity contribution in [1.29, 1.82) is 0 Å². The van der Waals surface area contributed by atoms with Crippen molar-refractivity contribution < 1.29 is 4.79 Å². The summed E-state index contributed by atoms with van der Waals surface area (Å²) in [5, 5.41) is 4.33. The Morgan fingerprint density at radius 2 is 1.81 bits per heavy atom. The van der Waals surface area contributed by atoms with Crippen molar-refractivity contribution in [3.63, 3.8) is 0 Å². The zero-order valence-corrected chi connectivity index (χ0v) is 16.0. The molecule has 1 fully saturated rings. The van der Waals surface area contributed by atoms with Crippen molar-refractivity contribution in [2.75, 3.05) is 13.1 Å². The number of pyridine rings is 1. The lowest BCUT2D eigenvalue weighted by molar-refractivity contribution is 0.0688. The fraction of sp³-hybridized carbons (Fsp3) is 0.400. The van der Waals surface area contributed by atoms with Gasteiger partial charge in [0, 0.05) is 61.7 Å². The number of rotatable bonds is 3. The maximum atomic E-state index is 12.7. The number of nitrogens with zero attached hydrogens (tertiary/aromatic N) is 6. The number of hydrogen-bond donors (Lipinski definition) is 0. The molecule has 0 aromatic carbocycles. The van der Waals surface area contributed by atoms with E-state index in [0.717, 1.165) is 48.7 Å². The van der Waals surface area contributed by atoms with E-state index in [4.69, 9.17) is 0 Å². The first-order chi connectivity index (χ1) is 13.0. The number of likely N-dealkylation sites (tertiary alicyclic amines) is 1. The topological polar surface area (TPSA) is 68.8 Å². The summed E-state index contributed by atoms with van der Waals surface area (Å²) in [4.78, 5) is 23.4. The van der Waals surface area contributed by atoms with Crippen LogP contribution in [0.2, 0.25) is 0 Å². The van der Waals surface area contributed by atoms with Gasteiger partial charge in [-0.2, -0.15) is 5.10 Å². The normalized spacial score (nSPS) is 15.3. The van der Waals surface area contributed by atoms with Gasteiger partial charge in [0.25, 0.3) is 5.91 Å². The van der Waals surface area contributed by atoms with Crippen LogP contribution in [0.25, 0.3) is 11.4 Å².